The van der Waals surface area contributed by atoms with Crippen LogP contribution in [0.25, 0.3) is 21.5 Å². The van der Waals surface area contributed by atoms with Crippen LogP contribution in [0.15, 0.2) is 114 Å². The molecular weight excluding hydrogens is 430 g/mol. The molecule has 0 radical (unpaired) electrons. The van der Waals surface area contributed by atoms with E-state index in [-0.39, 0.29) is 4.90 Å². The molecule has 0 heterocycles. The van der Waals surface area contributed by atoms with Gasteiger partial charge in [0, 0.05) is 17.9 Å². The van der Waals surface area contributed by atoms with Crippen LogP contribution >= 0.6 is 0 Å². The Hall–Kier alpha value is -3.83. The molecule has 0 spiro atoms. The van der Waals surface area contributed by atoms with Gasteiger partial charge in [0.25, 0.3) is 10.0 Å². The molecule has 0 atom stereocenters. The summed E-state index contributed by atoms with van der Waals surface area (Å²) in [5.74, 6) is 0.619. The SMILES string of the molecule is O=S(=O)(Nc1cccc(OCCc2cccc3ccccc23)c1)c1cccc2ccccc12. The van der Waals surface area contributed by atoms with Crippen molar-refractivity contribution in [1.29, 1.82) is 0 Å². The van der Waals surface area contributed by atoms with Crippen molar-refractivity contribution in [3.63, 3.8) is 0 Å². The van der Waals surface area contributed by atoms with Crippen molar-refractivity contribution in [1.82, 2.24) is 0 Å². The summed E-state index contributed by atoms with van der Waals surface area (Å²) in [7, 11) is -3.75. The van der Waals surface area contributed by atoms with E-state index in [1.54, 1.807) is 30.3 Å². The van der Waals surface area contributed by atoms with E-state index >= 15 is 0 Å². The third-order valence-electron chi connectivity index (χ3n) is 5.65. The highest BCUT2D eigenvalue weighted by Gasteiger charge is 2.17. The second kappa shape index (κ2) is 8.96. The standard InChI is InChI=1S/C28H23NO3S/c30-33(31,28-17-6-12-22-9-2-4-16-27(22)28)29-24-13-7-14-25(20-24)32-19-18-23-11-5-10-21-8-1-3-15-26(21)23/h1-17,20,29H,18-19H2. The van der Waals surface area contributed by atoms with E-state index in [9.17, 15) is 8.42 Å². The molecular formula is C28H23NO3S. The lowest BCUT2D eigenvalue weighted by Gasteiger charge is -2.12. The van der Waals surface area contributed by atoms with Gasteiger partial charge in [-0.25, -0.2) is 8.42 Å². The first-order valence-electron chi connectivity index (χ1n) is 10.8. The Balaban J connectivity index is 1.31. The number of nitrogens with one attached hydrogen (secondary N) is 1. The molecule has 164 valence electrons. The van der Waals surface area contributed by atoms with Crippen LogP contribution in [-0.2, 0) is 16.4 Å². The van der Waals surface area contributed by atoms with Crippen LogP contribution < -0.4 is 9.46 Å². The maximum absolute atomic E-state index is 13.1. The molecule has 4 nitrogen and oxygen atoms in total. The lowest BCUT2D eigenvalue weighted by molar-refractivity contribution is 0.322. The van der Waals surface area contributed by atoms with Crippen LogP contribution in [0.5, 0.6) is 5.75 Å². The third-order valence-corrected chi connectivity index (χ3v) is 7.08. The molecule has 0 bridgehead atoms. The number of sulfonamides is 1. The van der Waals surface area contributed by atoms with Crippen molar-refractivity contribution >= 4 is 37.3 Å². The number of hydrogen-bond donors (Lipinski definition) is 1. The third kappa shape index (κ3) is 4.54. The second-order valence-corrected chi connectivity index (χ2v) is 9.50. The van der Waals surface area contributed by atoms with Gasteiger partial charge in [0.15, 0.2) is 0 Å². The molecule has 5 heteroatoms. The largest absolute Gasteiger partial charge is 0.493 e. The molecule has 0 saturated heterocycles. The predicted octanol–water partition coefficient (Wildman–Crippen LogP) is 6.42. The lowest BCUT2D eigenvalue weighted by atomic mass is 10.0. The van der Waals surface area contributed by atoms with Gasteiger partial charge in [-0.3, -0.25) is 4.72 Å². The highest BCUT2D eigenvalue weighted by Crippen LogP contribution is 2.26. The van der Waals surface area contributed by atoms with Gasteiger partial charge in [0.1, 0.15) is 5.75 Å². The molecule has 0 saturated carbocycles. The molecule has 0 aliphatic carbocycles. The van der Waals surface area contributed by atoms with Crippen molar-refractivity contribution in [2.75, 3.05) is 11.3 Å². The van der Waals surface area contributed by atoms with E-state index in [0.717, 1.165) is 11.8 Å². The molecule has 33 heavy (non-hydrogen) atoms. The summed E-state index contributed by atoms with van der Waals surface area (Å²) < 4.78 is 34.8. The first-order valence-corrected chi connectivity index (χ1v) is 12.3. The van der Waals surface area contributed by atoms with E-state index in [2.05, 4.69) is 35.1 Å². The Labute approximate surface area is 193 Å². The van der Waals surface area contributed by atoms with Gasteiger partial charge in [-0.15, -0.1) is 0 Å². The van der Waals surface area contributed by atoms with Gasteiger partial charge >= 0.3 is 0 Å². The first kappa shape index (κ1) is 21.0. The van der Waals surface area contributed by atoms with E-state index in [0.29, 0.717) is 23.4 Å². The van der Waals surface area contributed by atoms with E-state index < -0.39 is 10.0 Å². The molecule has 0 fully saturated rings. The zero-order valence-corrected chi connectivity index (χ0v) is 18.8. The smallest absolute Gasteiger partial charge is 0.262 e. The summed E-state index contributed by atoms with van der Waals surface area (Å²) in [5, 5.41) is 4.00. The van der Waals surface area contributed by atoms with Crippen molar-refractivity contribution in [3.05, 3.63) is 115 Å². The van der Waals surface area contributed by atoms with Gasteiger partial charge in [-0.2, -0.15) is 0 Å². The molecule has 5 rings (SSSR count). The van der Waals surface area contributed by atoms with Crippen molar-refractivity contribution in [3.8, 4) is 5.75 Å². The number of anilines is 1. The Kier molecular flexibility index (Phi) is 5.71. The fourth-order valence-corrected chi connectivity index (χ4v) is 5.36. The summed E-state index contributed by atoms with van der Waals surface area (Å²) in [6.45, 7) is 0.494. The van der Waals surface area contributed by atoms with Crippen LogP contribution in [0.3, 0.4) is 0 Å². The number of hydrogen-bond acceptors (Lipinski definition) is 3. The van der Waals surface area contributed by atoms with Crippen LogP contribution in [0.1, 0.15) is 5.56 Å². The Bertz CT molecular complexity index is 1530. The minimum absolute atomic E-state index is 0.253. The summed E-state index contributed by atoms with van der Waals surface area (Å²) in [5.41, 5.74) is 1.69. The summed E-state index contributed by atoms with van der Waals surface area (Å²) in [4.78, 5) is 0.253. The van der Waals surface area contributed by atoms with Gasteiger partial charge in [-0.1, -0.05) is 84.9 Å². The monoisotopic (exact) mass is 453 g/mol. The number of ether oxygens (including phenoxy) is 1. The molecule has 0 aliphatic rings. The van der Waals surface area contributed by atoms with Gasteiger partial charge in [-0.05, 0) is 39.9 Å². The number of fused-ring (bicyclic) bond motifs is 2. The van der Waals surface area contributed by atoms with Crippen LogP contribution in [0.2, 0.25) is 0 Å². The minimum Gasteiger partial charge on any atom is -0.493 e. The minimum atomic E-state index is -3.75. The van der Waals surface area contributed by atoms with Crippen molar-refractivity contribution < 1.29 is 13.2 Å². The van der Waals surface area contributed by atoms with Gasteiger partial charge < -0.3 is 4.74 Å². The zero-order chi connectivity index (χ0) is 22.7. The van der Waals surface area contributed by atoms with Crippen LogP contribution in [-0.4, -0.2) is 15.0 Å². The quantitative estimate of drug-likeness (QED) is 0.310. The van der Waals surface area contributed by atoms with E-state index in [1.165, 1.54) is 16.3 Å². The summed E-state index contributed by atoms with van der Waals surface area (Å²) in [6, 6.07) is 34.3. The van der Waals surface area contributed by atoms with Gasteiger partial charge in [0.05, 0.1) is 17.2 Å². The fraction of sp³-hybridized carbons (Fsp3) is 0.0714. The number of benzene rings is 5. The molecule has 5 aromatic carbocycles. The summed E-state index contributed by atoms with van der Waals surface area (Å²) >= 11 is 0. The fourth-order valence-electron chi connectivity index (χ4n) is 4.08. The molecule has 1 N–H and O–H groups in total. The lowest BCUT2D eigenvalue weighted by Crippen LogP contribution is -2.13. The topological polar surface area (TPSA) is 55.4 Å². The molecule has 5 aromatic rings. The Morgan fingerprint density at radius 3 is 2.12 bits per heavy atom. The zero-order valence-electron chi connectivity index (χ0n) is 17.9. The normalized spacial score (nSPS) is 11.5. The predicted molar refractivity (Wildman–Crippen MR) is 134 cm³/mol. The highest BCUT2D eigenvalue weighted by molar-refractivity contribution is 7.93. The van der Waals surface area contributed by atoms with Crippen LogP contribution in [0.4, 0.5) is 5.69 Å². The average Bonchev–Trinajstić information content (AvgIpc) is 2.84. The highest BCUT2D eigenvalue weighted by atomic mass is 32.2. The maximum Gasteiger partial charge on any atom is 0.262 e. The second-order valence-electron chi connectivity index (χ2n) is 7.85. The molecule has 0 aromatic heterocycles. The van der Waals surface area contributed by atoms with E-state index in [4.69, 9.17) is 4.74 Å². The molecule has 0 unspecified atom stereocenters. The Morgan fingerprint density at radius 2 is 1.30 bits per heavy atom. The first-order chi connectivity index (χ1) is 16.1. The van der Waals surface area contributed by atoms with E-state index in [1.807, 2.05) is 48.5 Å². The number of rotatable bonds is 7. The molecule has 0 amide bonds. The summed E-state index contributed by atoms with van der Waals surface area (Å²) in [6.07, 6.45) is 0.757. The van der Waals surface area contributed by atoms with Crippen molar-refractivity contribution in [2.45, 2.75) is 11.3 Å². The average molecular weight is 454 g/mol. The Morgan fingerprint density at radius 1 is 0.667 bits per heavy atom. The maximum atomic E-state index is 13.1. The van der Waals surface area contributed by atoms with Gasteiger partial charge in [0.2, 0.25) is 0 Å². The van der Waals surface area contributed by atoms with Crippen molar-refractivity contribution in [2.24, 2.45) is 0 Å². The molecule has 0 aliphatic heterocycles. The van der Waals surface area contributed by atoms with Crippen LogP contribution in [0, 0.1) is 0 Å².